The summed E-state index contributed by atoms with van der Waals surface area (Å²) in [5.74, 6) is 3.56. The van der Waals surface area contributed by atoms with E-state index in [4.69, 9.17) is 6.58 Å². The Morgan fingerprint density at radius 1 is 0.935 bits per heavy atom. The molecule has 4 atom stereocenters. The number of unbranched alkanes of at least 4 members (excludes halogenated alkanes) is 2. The molecular weight excluding hydrogens is 768 g/mol. The summed E-state index contributed by atoms with van der Waals surface area (Å²) in [6.07, 6.45) is 35.2. The maximum absolute atomic E-state index is 4.73. The van der Waals surface area contributed by atoms with Crippen LogP contribution in [0.15, 0.2) is 127 Å². The highest BCUT2D eigenvalue weighted by molar-refractivity contribution is 7.30. The molecule has 0 saturated carbocycles. The van der Waals surface area contributed by atoms with Crippen molar-refractivity contribution in [1.82, 2.24) is 10.6 Å². The molecule has 2 nitrogen and oxygen atoms in total. The molecule has 2 aromatic rings. The van der Waals surface area contributed by atoms with Gasteiger partial charge >= 0.3 is 0 Å². The van der Waals surface area contributed by atoms with Gasteiger partial charge in [0.05, 0.1) is 0 Å². The fourth-order valence-corrected chi connectivity index (χ4v) is 9.87. The first-order chi connectivity index (χ1) is 29.3. The van der Waals surface area contributed by atoms with Crippen molar-refractivity contribution in [1.29, 1.82) is 0 Å². The summed E-state index contributed by atoms with van der Waals surface area (Å²) >= 11 is 1.96. The van der Waals surface area contributed by atoms with Gasteiger partial charge < -0.3 is 10.6 Å². The van der Waals surface area contributed by atoms with Crippen LogP contribution in [0.25, 0.3) is 10.1 Å². The number of thiophene rings is 1. The monoisotopic (exact) mass is 857 g/mol. The minimum Gasteiger partial charge on any atom is -0.385 e. The van der Waals surface area contributed by atoms with Gasteiger partial charge in [0.25, 0.3) is 0 Å². The van der Waals surface area contributed by atoms with Gasteiger partial charge in [-0.25, -0.2) is 0 Å². The largest absolute Gasteiger partial charge is 0.385 e. The van der Waals surface area contributed by atoms with Gasteiger partial charge in [-0.05, 0) is 137 Å². The third-order valence-electron chi connectivity index (χ3n) is 13.7. The smallest absolute Gasteiger partial charge is 0.245 e. The standard InChI is InChI=1S/C58H89BN2S/c1-17-23-28-43(7)29-25-33-49(22-6)61-42-52(53(38-45(9)56(10,11)12)60-37-27-32-47(21-5)44(8)30-24-18-2)59(36-26-31-46(19-3)20-4)55-40-48-39-50-51(41-54(48)62-55)58(15,16)35-34-57(50,13)14/h19,21-22,25-27,29,31-32,36,39-44,49,53,60-61H,3,6,9,17-18,20,23-24,28,30,33-35,37-38H2,1-2,4-5,7-8,10-16H3/b29-25+,32-27-,36-26+,46-31+,47-21+,52-42-. The van der Waals surface area contributed by atoms with Crippen LogP contribution in [0, 0.1) is 17.3 Å². The summed E-state index contributed by atoms with van der Waals surface area (Å²) in [5.41, 5.74) is 8.52. The molecule has 1 aliphatic carbocycles. The Morgan fingerprint density at radius 3 is 2.19 bits per heavy atom. The SMILES string of the molecule is C=C/C(=C\C=C\B(/C(=C\NC(C=C)C/C=C/C(C)CCCC)C(CC(=C)C(C)(C)C)NC/C=C\C(=C/C)C(C)CCCC)c1cc2cc3c(cc2s1)C(C)(C)CCC3(C)C)CC. The van der Waals surface area contributed by atoms with E-state index < -0.39 is 0 Å². The zero-order valence-corrected chi connectivity index (χ0v) is 42.8. The van der Waals surface area contributed by atoms with Crippen LogP contribution >= 0.6 is 11.3 Å². The Bertz CT molecular complexity index is 1880. The normalized spacial score (nSPS) is 18.0. The fourth-order valence-electron chi connectivity index (χ4n) is 8.68. The van der Waals surface area contributed by atoms with Crippen molar-refractivity contribution in [3.63, 3.8) is 0 Å². The molecule has 1 heterocycles. The van der Waals surface area contributed by atoms with Crippen LogP contribution in [-0.4, -0.2) is 25.3 Å². The first-order valence-corrected chi connectivity index (χ1v) is 25.2. The van der Waals surface area contributed by atoms with Crippen LogP contribution in [0.1, 0.15) is 172 Å². The van der Waals surface area contributed by atoms with E-state index in [1.54, 1.807) is 0 Å². The van der Waals surface area contributed by atoms with E-state index in [0.29, 0.717) is 11.8 Å². The number of nitrogens with one attached hydrogen (secondary N) is 2. The summed E-state index contributed by atoms with van der Waals surface area (Å²) in [6.45, 7) is 44.2. The van der Waals surface area contributed by atoms with Crippen LogP contribution in [0.5, 0.6) is 0 Å². The van der Waals surface area contributed by atoms with E-state index in [0.717, 1.165) is 25.8 Å². The van der Waals surface area contributed by atoms with Gasteiger partial charge in [0.15, 0.2) is 0 Å². The van der Waals surface area contributed by atoms with E-state index >= 15 is 0 Å². The highest BCUT2D eigenvalue weighted by Gasteiger charge is 2.38. The van der Waals surface area contributed by atoms with Gasteiger partial charge in [-0.2, -0.15) is 0 Å². The molecule has 1 aromatic heterocycles. The van der Waals surface area contributed by atoms with E-state index in [9.17, 15) is 0 Å². The van der Waals surface area contributed by atoms with Crippen molar-refractivity contribution in [3.8, 4) is 0 Å². The number of benzene rings is 1. The predicted molar refractivity (Wildman–Crippen MR) is 284 cm³/mol. The van der Waals surface area contributed by atoms with Gasteiger partial charge in [-0.15, -0.1) is 23.9 Å². The van der Waals surface area contributed by atoms with Gasteiger partial charge in [0, 0.05) is 23.3 Å². The lowest BCUT2D eigenvalue weighted by atomic mass is 9.41. The summed E-state index contributed by atoms with van der Waals surface area (Å²) < 4.78 is 2.73. The molecule has 0 amide bonds. The average Bonchev–Trinajstić information content (AvgIpc) is 3.65. The van der Waals surface area contributed by atoms with E-state index in [-0.39, 0.29) is 35.0 Å². The fraction of sp³-hybridized carbons (Fsp3) is 0.552. The van der Waals surface area contributed by atoms with Gasteiger partial charge in [-0.1, -0.05) is 188 Å². The minimum atomic E-state index is -0.0333. The Hall–Kier alpha value is -3.34. The Balaban J connectivity index is 2.29. The number of allylic oxidation sites excluding steroid dienone is 8. The molecule has 1 aliphatic rings. The summed E-state index contributed by atoms with van der Waals surface area (Å²) in [6, 6.07) is 7.70. The molecule has 0 radical (unpaired) electrons. The summed E-state index contributed by atoms with van der Waals surface area (Å²) in [7, 11) is 0. The zero-order valence-electron chi connectivity index (χ0n) is 42.0. The highest BCUT2D eigenvalue weighted by Crippen LogP contribution is 2.47. The average molecular weight is 857 g/mol. The maximum atomic E-state index is 4.73. The van der Waals surface area contributed by atoms with Crippen LogP contribution in [-0.2, 0) is 10.8 Å². The van der Waals surface area contributed by atoms with Crippen molar-refractivity contribution in [3.05, 3.63) is 138 Å². The summed E-state index contributed by atoms with van der Waals surface area (Å²) in [4.78, 5) is 0. The van der Waals surface area contributed by atoms with Crippen molar-refractivity contribution in [2.45, 2.75) is 184 Å². The molecule has 4 unspecified atom stereocenters. The summed E-state index contributed by atoms with van der Waals surface area (Å²) in [5, 5.41) is 9.36. The molecule has 0 fully saturated rings. The quantitative estimate of drug-likeness (QED) is 0.0560. The van der Waals surface area contributed by atoms with Crippen molar-refractivity contribution >= 4 is 32.9 Å². The molecule has 4 heteroatoms. The molecule has 62 heavy (non-hydrogen) atoms. The third-order valence-corrected chi connectivity index (χ3v) is 14.9. The van der Waals surface area contributed by atoms with Gasteiger partial charge in [0.2, 0.25) is 6.71 Å². The molecule has 2 N–H and O–H groups in total. The van der Waals surface area contributed by atoms with Gasteiger partial charge in [0.1, 0.15) is 0 Å². The van der Waals surface area contributed by atoms with E-state index in [1.165, 1.54) is 99.5 Å². The molecule has 3 rings (SSSR count). The van der Waals surface area contributed by atoms with Crippen LogP contribution in [0.2, 0.25) is 0 Å². The van der Waals surface area contributed by atoms with Crippen molar-refractivity contribution < 1.29 is 0 Å². The second-order valence-corrected chi connectivity index (χ2v) is 21.8. The van der Waals surface area contributed by atoms with Gasteiger partial charge in [-0.3, -0.25) is 0 Å². The molecule has 0 saturated heterocycles. The second kappa shape index (κ2) is 25.2. The van der Waals surface area contributed by atoms with Crippen LogP contribution in [0.3, 0.4) is 0 Å². The highest BCUT2D eigenvalue weighted by atomic mass is 32.1. The third kappa shape index (κ3) is 15.7. The topological polar surface area (TPSA) is 24.1 Å². The molecular formula is C58H89BN2S. The minimum absolute atomic E-state index is 0.0154. The molecule has 0 spiro atoms. The van der Waals surface area contributed by atoms with E-state index in [1.807, 2.05) is 17.4 Å². The predicted octanol–water partition coefficient (Wildman–Crippen LogP) is 16.2. The first-order valence-electron chi connectivity index (χ1n) is 24.4. The lowest BCUT2D eigenvalue weighted by Crippen LogP contribution is -2.43. The van der Waals surface area contributed by atoms with Crippen LogP contribution in [0.4, 0.5) is 0 Å². The van der Waals surface area contributed by atoms with Crippen LogP contribution < -0.4 is 15.4 Å². The molecule has 0 bridgehead atoms. The number of hydrogen-bond acceptors (Lipinski definition) is 3. The zero-order chi connectivity index (χ0) is 46.1. The van der Waals surface area contributed by atoms with Crippen molar-refractivity contribution in [2.75, 3.05) is 6.54 Å². The molecule has 1 aromatic carbocycles. The lowest BCUT2D eigenvalue weighted by molar-refractivity contribution is 0.332. The molecule has 0 aliphatic heterocycles. The maximum Gasteiger partial charge on any atom is 0.245 e. The van der Waals surface area contributed by atoms with E-state index in [2.05, 4.69) is 193 Å². The number of rotatable bonds is 26. The first kappa shape index (κ1) is 53.0. The number of hydrogen-bond donors (Lipinski definition) is 2. The van der Waals surface area contributed by atoms with Crippen molar-refractivity contribution in [2.24, 2.45) is 17.3 Å². The Kier molecular flexibility index (Phi) is 21.6. The Morgan fingerprint density at radius 2 is 1.60 bits per heavy atom. The second-order valence-electron chi connectivity index (χ2n) is 20.7. The lowest BCUT2D eigenvalue weighted by Gasteiger charge is -2.41. The number of fused-ring (bicyclic) bond motifs is 2. The molecule has 340 valence electrons. The Labute approximate surface area is 387 Å².